The number of pyridine rings is 1. The summed E-state index contributed by atoms with van der Waals surface area (Å²) in [6.07, 6.45) is 3.88. The molecule has 2 unspecified atom stereocenters. The molecule has 1 N–H and O–H groups in total. The summed E-state index contributed by atoms with van der Waals surface area (Å²) in [5.41, 5.74) is 4.06. The average molecular weight is 427 g/mol. The lowest BCUT2D eigenvalue weighted by molar-refractivity contribution is 0.412. The molecule has 2 aromatic heterocycles. The van der Waals surface area contributed by atoms with Gasteiger partial charge in [-0.05, 0) is 60.7 Å². The van der Waals surface area contributed by atoms with Gasteiger partial charge in [0.1, 0.15) is 11.8 Å². The molecule has 1 aliphatic rings. The van der Waals surface area contributed by atoms with E-state index >= 15 is 0 Å². The molecule has 154 valence electrons. The molecule has 0 spiro atoms. The van der Waals surface area contributed by atoms with E-state index in [4.69, 9.17) is 17.0 Å². The fourth-order valence-electron chi connectivity index (χ4n) is 4.21. The molecule has 5 rings (SSSR count). The van der Waals surface area contributed by atoms with Crippen molar-refractivity contribution in [2.75, 3.05) is 12.0 Å². The molecular formula is C25H22N4OS. The summed E-state index contributed by atoms with van der Waals surface area (Å²) in [5, 5.41) is 4.19. The summed E-state index contributed by atoms with van der Waals surface area (Å²) >= 11 is 5.81. The highest BCUT2D eigenvalue weighted by Gasteiger charge is 2.42. The Morgan fingerprint density at radius 3 is 2.45 bits per heavy atom. The third-order valence-corrected chi connectivity index (χ3v) is 5.88. The quantitative estimate of drug-likeness (QED) is 0.452. The summed E-state index contributed by atoms with van der Waals surface area (Å²) < 4.78 is 7.81. The number of nitrogens with one attached hydrogen (secondary N) is 1. The van der Waals surface area contributed by atoms with Crippen molar-refractivity contribution in [3.8, 4) is 11.4 Å². The molecular weight excluding hydrogens is 404 g/mol. The van der Waals surface area contributed by atoms with Crippen molar-refractivity contribution in [1.29, 1.82) is 0 Å². The summed E-state index contributed by atoms with van der Waals surface area (Å²) in [7, 11) is 1.70. The number of hydrogen-bond acceptors (Lipinski definition) is 3. The van der Waals surface area contributed by atoms with E-state index < -0.39 is 0 Å². The van der Waals surface area contributed by atoms with Crippen LogP contribution in [0.25, 0.3) is 5.69 Å². The Kier molecular flexibility index (Phi) is 5.14. The highest BCUT2D eigenvalue weighted by atomic mass is 32.1. The van der Waals surface area contributed by atoms with Gasteiger partial charge in [0.25, 0.3) is 0 Å². The van der Waals surface area contributed by atoms with Gasteiger partial charge in [-0.1, -0.05) is 36.4 Å². The first-order valence-electron chi connectivity index (χ1n) is 10.1. The highest BCUT2D eigenvalue weighted by Crippen LogP contribution is 2.42. The Morgan fingerprint density at radius 2 is 1.68 bits per heavy atom. The van der Waals surface area contributed by atoms with Crippen LogP contribution in [0.2, 0.25) is 0 Å². The number of hydrogen-bond donors (Lipinski definition) is 1. The Bertz CT molecular complexity index is 1190. The number of ether oxygens (including phenoxy) is 1. The van der Waals surface area contributed by atoms with Crippen molar-refractivity contribution in [2.45, 2.75) is 12.1 Å². The number of methoxy groups -OCH3 is 1. The second-order valence-corrected chi connectivity index (χ2v) is 7.69. The number of thiocarbonyl (C=S) groups is 1. The number of rotatable bonds is 5. The normalized spacial score (nSPS) is 18.1. The zero-order valence-corrected chi connectivity index (χ0v) is 17.9. The van der Waals surface area contributed by atoms with E-state index in [-0.39, 0.29) is 12.1 Å². The first-order chi connectivity index (χ1) is 15.3. The Hall–Kier alpha value is -3.64. The van der Waals surface area contributed by atoms with Crippen LogP contribution in [0.15, 0.2) is 97.3 Å². The van der Waals surface area contributed by atoms with Gasteiger partial charge in [0.2, 0.25) is 0 Å². The molecule has 1 fully saturated rings. The van der Waals surface area contributed by atoms with Crippen molar-refractivity contribution >= 4 is 23.0 Å². The zero-order chi connectivity index (χ0) is 21.2. The predicted octanol–water partition coefficient (Wildman–Crippen LogP) is 5.06. The van der Waals surface area contributed by atoms with E-state index in [9.17, 15) is 0 Å². The molecule has 1 saturated heterocycles. The summed E-state index contributed by atoms with van der Waals surface area (Å²) in [6.45, 7) is 0. The van der Waals surface area contributed by atoms with Crippen LogP contribution in [0.3, 0.4) is 0 Å². The maximum absolute atomic E-state index is 5.81. The van der Waals surface area contributed by atoms with Crippen LogP contribution in [0.4, 0.5) is 5.69 Å². The monoisotopic (exact) mass is 426 g/mol. The molecule has 0 radical (unpaired) electrons. The lowest BCUT2D eigenvalue weighted by Gasteiger charge is -2.29. The molecule has 5 nitrogen and oxygen atoms in total. The lowest BCUT2D eigenvalue weighted by atomic mass is 10.0. The maximum Gasteiger partial charge on any atom is 0.174 e. The number of anilines is 1. The Balaban J connectivity index is 1.68. The third-order valence-electron chi connectivity index (χ3n) is 5.56. The highest BCUT2D eigenvalue weighted by molar-refractivity contribution is 7.80. The Labute approximate surface area is 186 Å². The van der Waals surface area contributed by atoms with Crippen LogP contribution in [0, 0.1) is 0 Å². The van der Waals surface area contributed by atoms with Crippen LogP contribution in [0.5, 0.6) is 5.75 Å². The van der Waals surface area contributed by atoms with E-state index in [1.54, 1.807) is 7.11 Å². The Morgan fingerprint density at radius 1 is 0.903 bits per heavy atom. The van der Waals surface area contributed by atoms with E-state index in [1.165, 1.54) is 0 Å². The molecule has 0 bridgehead atoms. The zero-order valence-electron chi connectivity index (χ0n) is 17.1. The van der Waals surface area contributed by atoms with Gasteiger partial charge in [-0.2, -0.15) is 0 Å². The van der Waals surface area contributed by atoms with Crippen molar-refractivity contribution in [3.63, 3.8) is 0 Å². The van der Waals surface area contributed by atoms with E-state index in [0.717, 1.165) is 28.5 Å². The summed E-state index contributed by atoms with van der Waals surface area (Å²) in [5.74, 6) is 0.814. The van der Waals surface area contributed by atoms with Crippen molar-refractivity contribution in [1.82, 2.24) is 14.9 Å². The van der Waals surface area contributed by atoms with Gasteiger partial charge in [-0.15, -0.1) is 0 Å². The van der Waals surface area contributed by atoms with Gasteiger partial charge in [0.05, 0.1) is 24.5 Å². The summed E-state index contributed by atoms with van der Waals surface area (Å²) in [4.78, 5) is 6.81. The van der Waals surface area contributed by atoms with Gasteiger partial charge < -0.3 is 19.5 Å². The van der Waals surface area contributed by atoms with Gasteiger partial charge >= 0.3 is 0 Å². The second kappa shape index (κ2) is 8.24. The summed E-state index contributed by atoms with van der Waals surface area (Å²) in [6, 6.07) is 28.2. The number of benzene rings is 2. The van der Waals surface area contributed by atoms with Crippen molar-refractivity contribution in [2.24, 2.45) is 0 Å². The molecule has 3 heterocycles. The van der Waals surface area contributed by atoms with E-state index in [1.807, 2.05) is 60.8 Å². The maximum atomic E-state index is 5.81. The third kappa shape index (κ3) is 3.45. The van der Waals surface area contributed by atoms with Crippen LogP contribution in [0.1, 0.15) is 23.5 Å². The fourth-order valence-corrected chi connectivity index (χ4v) is 4.55. The molecule has 2 atom stereocenters. The average Bonchev–Trinajstić information content (AvgIpc) is 3.44. The van der Waals surface area contributed by atoms with E-state index in [0.29, 0.717) is 5.11 Å². The first kappa shape index (κ1) is 19.3. The van der Waals surface area contributed by atoms with Crippen LogP contribution in [-0.4, -0.2) is 21.8 Å². The van der Waals surface area contributed by atoms with Crippen molar-refractivity contribution < 1.29 is 4.74 Å². The van der Waals surface area contributed by atoms with Gasteiger partial charge in [-0.3, -0.25) is 4.98 Å². The minimum absolute atomic E-state index is 0.0929. The molecule has 0 aliphatic carbocycles. The van der Waals surface area contributed by atoms with Gasteiger partial charge in [-0.25, -0.2) is 0 Å². The molecule has 31 heavy (non-hydrogen) atoms. The number of aromatic nitrogens is 2. The topological polar surface area (TPSA) is 42.3 Å². The first-order valence-corrected chi connectivity index (χ1v) is 10.5. The van der Waals surface area contributed by atoms with Crippen LogP contribution in [-0.2, 0) is 0 Å². The molecule has 6 heteroatoms. The smallest absolute Gasteiger partial charge is 0.174 e. The molecule has 2 aromatic carbocycles. The standard InChI is InChI=1S/C25H22N4OS/c1-30-22-15-6-5-13-20(22)28-17-9-14-21(28)24-23(19-12-7-8-16-26-19)27-25(31)29(24)18-10-3-2-4-11-18/h2-17,23-24H,1H3,(H,27,31). The number of nitrogens with zero attached hydrogens (tertiary/aromatic N) is 3. The fraction of sp³-hybridized carbons (Fsp3) is 0.120. The SMILES string of the molecule is COc1ccccc1-n1cccc1C1C(c2ccccn2)NC(=S)N1c1ccccc1. The predicted molar refractivity (Wildman–Crippen MR) is 127 cm³/mol. The second-order valence-electron chi connectivity index (χ2n) is 7.31. The van der Waals surface area contributed by atoms with Gasteiger partial charge in [0, 0.05) is 23.8 Å². The minimum atomic E-state index is -0.0998. The minimum Gasteiger partial charge on any atom is -0.495 e. The molecule has 1 aliphatic heterocycles. The van der Waals surface area contributed by atoms with Crippen LogP contribution >= 0.6 is 12.2 Å². The molecule has 0 amide bonds. The molecule has 4 aromatic rings. The lowest BCUT2D eigenvalue weighted by Crippen LogP contribution is -2.30. The van der Waals surface area contributed by atoms with E-state index in [2.05, 4.69) is 56.3 Å². The number of para-hydroxylation sites is 3. The van der Waals surface area contributed by atoms with Crippen molar-refractivity contribution in [3.05, 3.63) is 109 Å². The largest absolute Gasteiger partial charge is 0.495 e. The van der Waals surface area contributed by atoms with Gasteiger partial charge in [0.15, 0.2) is 5.11 Å². The van der Waals surface area contributed by atoms with Crippen LogP contribution < -0.4 is 15.0 Å². The molecule has 0 saturated carbocycles.